The van der Waals surface area contributed by atoms with Gasteiger partial charge in [0, 0.05) is 18.1 Å². The fraction of sp³-hybridized carbons (Fsp3) is 0.250. The molecule has 4 heteroatoms. The molecule has 0 spiro atoms. The van der Waals surface area contributed by atoms with Crippen LogP contribution in [0.1, 0.15) is 11.4 Å². The van der Waals surface area contributed by atoms with Crippen LogP contribution in [0.15, 0.2) is 17.2 Å². The van der Waals surface area contributed by atoms with Crippen LogP contribution in [0.5, 0.6) is 0 Å². The van der Waals surface area contributed by atoms with E-state index >= 15 is 0 Å². The molecule has 0 saturated heterocycles. The lowest BCUT2D eigenvalue weighted by atomic mass is 10.5. The molecule has 2 heterocycles. The topological polar surface area (TPSA) is 50.7 Å². The molecule has 0 amide bonds. The van der Waals surface area contributed by atoms with Gasteiger partial charge >= 0.3 is 0 Å². The third-order valence-electron chi connectivity index (χ3n) is 1.81. The summed E-state index contributed by atoms with van der Waals surface area (Å²) in [5, 5.41) is 0. The molecule has 0 aromatic carbocycles. The van der Waals surface area contributed by atoms with E-state index in [-0.39, 0.29) is 5.56 Å². The molecular formula is C8H9N3O. The Bertz CT molecular complexity index is 440. The van der Waals surface area contributed by atoms with E-state index in [0.29, 0.717) is 11.5 Å². The van der Waals surface area contributed by atoms with Gasteiger partial charge in [-0.1, -0.05) is 0 Å². The summed E-state index contributed by atoms with van der Waals surface area (Å²) < 4.78 is 1.54. The first-order valence-electron chi connectivity index (χ1n) is 3.72. The lowest BCUT2D eigenvalue weighted by Gasteiger charge is -2.00. The maximum absolute atomic E-state index is 11.4. The maximum atomic E-state index is 11.4. The largest absolute Gasteiger partial charge is 0.361 e. The number of hydrogen-bond acceptors (Lipinski definition) is 2. The maximum Gasteiger partial charge on any atom is 0.277 e. The smallest absolute Gasteiger partial charge is 0.277 e. The molecule has 0 atom stereocenters. The number of fused-ring (bicyclic) bond motifs is 1. The molecule has 0 fully saturated rings. The van der Waals surface area contributed by atoms with E-state index in [1.165, 1.54) is 0 Å². The Morgan fingerprint density at radius 2 is 2.25 bits per heavy atom. The van der Waals surface area contributed by atoms with Crippen LogP contribution in [-0.2, 0) is 0 Å². The first-order valence-corrected chi connectivity index (χ1v) is 3.72. The van der Waals surface area contributed by atoms with Gasteiger partial charge in [0.25, 0.3) is 5.56 Å². The van der Waals surface area contributed by atoms with Crippen LogP contribution in [-0.4, -0.2) is 14.5 Å². The average Bonchev–Trinajstić information content (AvgIpc) is 2.31. The highest BCUT2D eigenvalue weighted by molar-refractivity contribution is 5.25. The van der Waals surface area contributed by atoms with Crippen molar-refractivity contribution in [3.63, 3.8) is 0 Å². The van der Waals surface area contributed by atoms with Gasteiger partial charge in [0.05, 0.1) is 0 Å². The number of nitrogens with one attached hydrogen (secondary N) is 1. The van der Waals surface area contributed by atoms with Crippen molar-refractivity contribution in [1.82, 2.24) is 14.5 Å². The SMILES string of the molecule is Cc1cn2c(=O)c(C)nc-2c[nH]1. The minimum absolute atomic E-state index is 0.0397. The number of rotatable bonds is 0. The molecule has 2 aliphatic heterocycles. The van der Waals surface area contributed by atoms with Crippen LogP contribution in [0, 0.1) is 13.8 Å². The van der Waals surface area contributed by atoms with Crippen LogP contribution < -0.4 is 5.56 Å². The van der Waals surface area contributed by atoms with E-state index in [4.69, 9.17) is 0 Å². The Kier molecular flexibility index (Phi) is 1.30. The zero-order valence-electron chi connectivity index (χ0n) is 6.96. The lowest BCUT2D eigenvalue weighted by molar-refractivity contribution is 0.942. The minimum atomic E-state index is -0.0397. The molecule has 0 aromatic rings. The molecule has 0 bridgehead atoms. The summed E-state index contributed by atoms with van der Waals surface area (Å²) in [5.74, 6) is 0.670. The molecule has 0 saturated carbocycles. The average molecular weight is 163 g/mol. The number of aryl methyl sites for hydroxylation is 2. The third-order valence-corrected chi connectivity index (χ3v) is 1.81. The van der Waals surface area contributed by atoms with Gasteiger partial charge in [0.1, 0.15) is 5.69 Å². The summed E-state index contributed by atoms with van der Waals surface area (Å²) in [5.41, 5.74) is 1.44. The zero-order valence-corrected chi connectivity index (χ0v) is 6.96. The third kappa shape index (κ3) is 0.845. The lowest BCUT2D eigenvalue weighted by Crippen LogP contribution is -2.13. The second-order valence-corrected chi connectivity index (χ2v) is 2.83. The molecule has 0 aliphatic carbocycles. The van der Waals surface area contributed by atoms with Crippen molar-refractivity contribution in [3.05, 3.63) is 34.1 Å². The first kappa shape index (κ1) is 7.09. The van der Waals surface area contributed by atoms with Crippen molar-refractivity contribution in [1.29, 1.82) is 0 Å². The molecule has 0 unspecified atom stereocenters. The van der Waals surface area contributed by atoms with E-state index in [1.807, 2.05) is 6.92 Å². The van der Waals surface area contributed by atoms with Gasteiger partial charge in [-0.25, -0.2) is 4.98 Å². The molecule has 4 nitrogen and oxygen atoms in total. The van der Waals surface area contributed by atoms with Crippen molar-refractivity contribution < 1.29 is 0 Å². The van der Waals surface area contributed by atoms with Gasteiger partial charge in [-0.2, -0.15) is 0 Å². The highest BCUT2D eigenvalue weighted by atomic mass is 16.1. The van der Waals surface area contributed by atoms with Crippen LogP contribution in [0.25, 0.3) is 5.82 Å². The molecule has 2 aliphatic rings. The summed E-state index contributed by atoms with van der Waals surface area (Å²) in [6, 6.07) is 0. The van der Waals surface area contributed by atoms with E-state index < -0.39 is 0 Å². The first-order chi connectivity index (χ1) is 5.68. The zero-order chi connectivity index (χ0) is 8.72. The van der Waals surface area contributed by atoms with Crippen molar-refractivity contribution >= 4 is 0 Å². The van der Waals surface area contributed by atoms with Crippen molar-refractivity contribution in [3.8, 4) is 5.82 Å². The van der Waals surface area contributed by atoms with E-state index in [2.05, 4.69) is 9.97 Å². The Hall–Kier alpha value is -1.58. The fourth-order valence-corrected chi connectivity index (χ4v) is 1.19. The Labute approximate surface area is 69.2 Å². The van der Waals surface area contributed by atoms with E-state index in [9.17, 15) is 4.79 Å². The number of aromatic amines is 1. The Balaban J connectivity index is 2.88. The molecule has 0 aromatic heterocycles. The summed E-state index contributed by atoms with van der Waals surface area (Å²) in [7, 11) is 0. The predicted molar refractivity (Wildman–Crippen MR) is 44.8 cm³/mol. The predicted octanol–water partition coefficient (Wildman–Crippen LogP) is 0.615. The van der Waals surface area contributed by atoms with Gasteiger partial charge in [-0.15, -0.1) is 0 Å². The molecule has 62 valence electrons. The fourth-order valence-electron chi connectivity index (χ4n) is 1.19. The monoisotopic (exact) mass is 163 g/mol. The Morgan fingerprint density at radius 3 is 3.00 bits per heavy atom. The van der Waals surface area contributed by atoms with E-state index in [1.54, 1.807) is 23.9 Å². The quantitative estimate of drug-likeness (QED) is 0.618. The van der Waals surface area contributed by atoms with Crippen LogP contribution in [0.3, 0.4) is 0 Å². The van der Waals surface area contributed by atoms with Gasteiger partial charge in [0.15, 0.2) is 5.82 Å². The van der Waals surface area contributed by atoms with Gasteiger partial charge < -0.3 is 4.98 Å². The second kappa shape index (κ2) is 2.20. The number of aromatic nitrogens is 3. The summed E-state index contributed by atoms with van der Waals surface area (Å²) in [6.45, 7) is 3.61. The molecule has 0 radical (unpaired) electrons. The highest BCUT2D eigenvalue weighted by Crippen LogP contribution is 2.03. The van der Waals surface area contributed by atoms with Crippen LogP contribution in [0.4, 0.5) is 0 Å². The van der Waals surface area contributed by atoms with E-state index in [0.717, 1.165) is 5.69 Å². The molecular weight excluding hydrogens is 154 g/mol. The van der Waals surface area contributed by atoms with Gasteiger partial charge in [-0.05, 0) is 13.8 Å². The van der Waals surface area contributed by atoms with Crippen molar-refractivity contribution in [2.45, 2.75) is 13.8 Å². The number of imidazole rings is 1. The minimum Gasteiger partial charge on any atom is -0.361 e. The van der Waals surface area contributed by atoms with Crippen LogP contribution >= 0.6 is 0 Å². The van der Waals surface area contributed by atoms with Gasteiger partial charge in [-0.3, -0.25) is 9.36 Å². The normalized spacial score (nSPS) is 10.8. The van der Waals surface area contributed by atoms with Crippen molar-refractivity contribution in [2.24, 2.45) is 0 Å². The Morgan fingerprint density at radius 1 is 1.50 bits per heavy atom. The van der Waals surface area contributed by atoms with Crippen molar-refractivity contribution in [2.75, 3.05) is 0 Å². The molecule has 1 N–H and O–H groups in total. The summed E-state index contributed by atoms with van der Waals surface area (Å²) >= 11 is 0. The number of hydrogen-bond donors (Lipinski definition) is 1. The standard InChI is InChI=1S/C8H9N3O/c1-5-4-11-7(3-9-5)10-6(2)8(11)12/h3-4,9H,1-2H3. The van der Waals surface area contributed by atoms with Crippen LogP contribution in [0.2, 0.25) is 0 Å². The summed E-state index contributed by atoms with van der Waals surface area (Å²) in [6.07, 6.45) is 3.47. The molecule has 12 heavy (non-hydrogen) atoms. The van der Waals surface area contributed by atoms with Gasteiger partial charge in [0.2, 0.25) is 0 Å². The number of nitrogens with zero attached hydrogens (tertiary/aromatic N) is 2. The highest BCUT2D eigenvalue weighted by Gasteiger charge is 2.09. The summed E-state index contributed by atoms with van der Waals surface area (Å²) in [4.78, 5) is 18.4. The second-order valence-electron chi connectivity index (χ2n) is 2.83. The molecule has 2 rings (SSSR count). The number of H-pyrrole nitrogens is 1.